The van der Waals surface area contributed by atoms with Gasteiger partial charge in [-0.15, -0.1) is 0 Å². The summed E-state index contributed by atoms with van der Waals surface area (Å²) in [6.07, 6.45) is 1.22. The number of nitrogens with zero attached hydrogens (tertiary/aromatic N) is 1. The van der Waals surface area contributed by atoms with Gasteiger partial charge in [-0.05, 0) is 58.6 Å². The summed E-state index contributed by atoms with van der Waals surface area (Å²) in [6.45, 7) is 0. The monoisotopic (exact) mass is 297 g/mol. The van der Waals surface area contributed by atoms with Crippen LogP contribution >= 0.6 is 15.9 Å². The Kier molecular flexibility index (Phi) is 3.84. The summed E-state index contributed by atoms with van der Waals surface area (Å²) in [6, 6.07) is 9.19. The molecule has 0 saturated heterocycles. The van der Waals surface area contributed by atoms with Crippen molar-refractivity contribution >= 4 is 15.9 Å². The van der Waals surface area contributed by atoms with Gasteiger partial charge in [0.15, 0.2) is 0 Å². The number of hydrogen-bond donors (Lipinski definition) is 0. The molecule has 0 unspecified atom stereocenters. The highest BCUT2D eigenvalue weighted by Crippen LogP contribution is 2.12. The van der Waals surface area contributed by atoms with Crippen molar-refractivity contribution in [2.45, 2.75) is 12.8 Å². The summed E-state index contributed by atoms with van der Waals surface area (Å²) in [7, 11) is 0. The van der Waals surface area contributed by atoms with Crippen molar-refractivity contribution in [3.8, 4) is 0 Å². The van der Waals surface area contributed by atoms with Gasteiger partial charge in [0.05, 0.1) is 0 Å². The van der Waals surface area contributed by atoms with Gasteiger partial charge in [-0.2, -0.15) is 0 Å². The van der Waals surface area contributed by atoms with Crippen molar-refractivity contribution in [3.05, 3.63) is 63.9 Å². The predicted octanol–water partition coefficient (Wildman–Crippen LogP) is 3.91. The Hall–Kier alpha value is -1.29. The normalized spacial score (nSPS) is 10.5. The minimum Gasteiger partial charge on any atom is -0.246 e. The van der Waals surface area contributed by atoms with Crippen molar-refractivity contribution in [1.29, 1.82) is 0 Å². The van der Waals surface area contributed by atoms with Crippen LogP contribution in [0.3, 0.4) is 0 Å². The maximum atomic E-state index is 13.0. The Morgan fingerprint density at radius 3 is 2.35 bits per heavy atom. The van der Waals surface area contributed by atoms with Crippen LogP contribution in [-0.2, 0) is 12.8 Å². The van der Waals surface area contributed by atoms with E-state index in [2.05, 4.69) is 20.9 Å². The fraction of sp³-hybridized carbons (Fsp3) is 0.154. The summed E-state index contributed by atoms with van der Waals surface area (Å²) in [5.74, 6) is -1.08. The number of rotatable bonds is 3. The van der Waals surface area contributed by atoms with Gasteiger partial charge in [-0.1, -0.05) is 6.07 Å². The minimum absolute atomic E-state index is 0.540. The highest BCUT2D eigenvalue weighted by atomic mass is 79.9. The molecule has 0 radical (unpaired) electrons. The molecule has 0 atom stereocenters. The van der Waals surface area contributed by atoms with E-state index < -0.39 is 11.6 Å². The quantitative estimate of drug-likeness (QED) is 0.783. The van der Waals surface area contributed by atoms with E-state index in [1.54, 1.807) is 0 Å². The molecule has 88 valence electrons. The third-order valence-corrected chi connectivity index (χ3v) is 2.81. The summed E-state index contributed by atoms with van der Waals surface area (Å²) in [5, 5.41) is 0. The SMILES string of the molecule is Fc1cc(F)cc(CCc2cccc(Br)n2)c1. The van der Waals surface area contributed by atoms with Crippen LogP contribution in [-0.4, -0.2) is 4.98 Å². The number of benzene rings is 1. The minimum atomic E-state index is -0.540. The van der Waals surface area contributed by atoms with E-state index in [1.165, 1.54) is 12.1 Å². The van der Waals surface area contributed by atoms with E-state index in [4.69, 9.17) is 0 Å². The maximum Gasteiger partial charge on any atom is 0.126 e. The van der Waals surface area contributed by atoms with Crippen molar-refractivity contribution in [3.63, 3.8) is 0 Å². The zero-order valence-corrected chi connectivity index (χ0v) is 10.5. The Morgan fingerprint density at radius 1 is 1.00 bits per heavy atom. The van der Waals surface area contributed by atoms with Crippen LogP contribution in [0.5, 0.6) is 0 Å². The summed E-state index contributed by atoms with van der Waals surface area (Å²) in [5.41, 5.74) is 1.54. The summed E-state index contributed by atoms with van der Waals surface area (Å²) >= 11 is 3.28. The third-order valence-electron chi connectivity index (χ3n) is 2.36. The fourth-order valence-corrected chi connectivity index (χ4v) is 2.00. The summed E-state index contributed by atoms with van der Waals surface area (Å²) in [4.78, 5) is 4.26. The molecule has 4 heteroatoms. The highest BCUT2D eigenvalue weighted by Gasteiger charge is 2.02. The van der Waals surface area contributed by atoms with Crippen LogP contribution in [0.25, 0.3) is 0 Å². The molecule has 0 N–H and O–H groups in total. The average Bonchev–Trinajstić information content (AvgIpc) is 2.25. The maximum absolute atomic E-state index is 13.0. The van der Waals surface area contributed by atoms with Gasteiger partial charge < -0.3 is 0 Å². The first kappa shape index (κ1) is 12.2. The standard InChI is InChI=1S/C13H10BrF2N/c14-13-3-1-2-12(17-13)5-4-9-6-10(15)8-11(16)7-9/h1-3,6-8H,4-5H2. The lowest BCUT2D eigenvalue weighted by Gasteiger charge is -2.03. The largest absolute Gasteiger partial charge is 0.246 e. The van der Waals surface area contributed by atoms with Crippen LogP contribution in [0, 0.1) is 11.6 Å². The molecule has 1 heterocycles. The Balaban J connectivity index is 2.07. The van der Waals surface area contributed by atoms with Crippen LogP contribution < -0.4 is 0 Å². The molecule has 0 bridgehead atoms. The van der Waals surface area contributed by atoms with E-state index in [0.717, 1.165) is 16.4 Å². The Bertz CT molecular complexity index is 508. The van der Waals surface area contributed by atoms with Crippen LogP contribution in [0.4, 0.5) is 8.78 Å². The molecule has 0 aliphatic heterocycles. The van der Waals surface area contributed by atoms with E-state index in [0.29, 0.717) is 18.4 Å². The molecule has 0 spiro atoms. The van der Waals surface area contributed by atoms with Gasteiger partial charge >= 0.3 is 0 Å². The van der Waals surface area contributed by atoms with Gasteiger partial charge in [0.25, 0.3) is 0 Å². The molecule has 17 heavy (non-hydrogen) atoms. The molecule has 0 aliphatic carbocycles. The second-order valence-electron chi connectivity index (χ2n) is 3.73. The number of halogens is 3. The second kappa shape index (κ2) is 5.36. The van der Waals surface area contributed by atoms with Gasteiger partial charge in [0.2, 0.25) is 0 Å². The molecule has 0 fully saturated rings. The number of pyridine rings is 1. The lowest BCUT2D eigenvalue weighted by Crippen LogP contribution is -1.96. The first-order valence-electron chi connectivity index (χ1n) is 5.20. The lowest BCUT2D eigenvalue weighted by molar-refractivity contribution is 0.579. The molecule has 2 rings (SSSR count). The fourth-order valence-electron chi connectivity index (χ4n) is 1.62. The van der Waals surface area contributed by atoms with Crippen LogP contribution in [0.15, 0.2) is 41.0 Å². The van der Waals surface area contributed by atoms with Crippen molar-refractivity contribution in [1.82, 2.24) is 4.98 Å². The first-order valence-corrected chi connectivity index (χ1v) is 5.99. The number of hydrogen-bond acceptors (Lipinski definition) is 1. The van der Waals surface area contributed by atoms with E-state index in [1.807, 2.05) is 18.2 Å². The summed E-state index contributed by atoms with van der Waals surface area (Å²) < 4.78 is 26.7. The van der Waals surface area contributed by atoms with Crippen LogP contribution in [0.2, 0.25) is 0 Å². The molecular formula is C13H10BrF2N. The molecule has 1 nitrogen and oxygen atoms in total. The molecule has 0 saturated carbocycles. The zero-order chi connectivity index (χ0) is 12.3. The topological polar surface area (TPSA) is 12.9 Å². The first-order chi connectivity index (χ1) is 8.13. The van der Waals surface area contributed by atoms with E-state index >= 15 is 0 Å². The predicted molar refractivity (Wildman–Crippen MR) is 65.7 cm³/mol. The van der Waals surface area contributed by atoms with E-state index in [-0.39, 0.29) is 0 Å². The molecule has 0 aliphatic rings. The zero-order valence-electron chi connectivity index (χ0n) is 8.96. The van der Waals surface area contributed by atoms with Gasteiger partial charge in [0, 0.05) is 11.8 Å². The molecule has 1 aromatic carbocycles. The molecular weight excluding hydrogens is 288 g/mol. The van der Waals surface area contributed by atoms with Crippen molar-refractivity contribution in [2.75, 3.05) is 0 Å². The Morgan fingerprint density at radius 2 is 1.71 bits per heavy atom. The molecule has 1 aromatic heterocycles. The highest BCUT2D eigenvalue weighted by molar-refractivity contribution is 9.10. The van der Waals surface area contributed by atoms with Gasteiger partial charge in [0.1, 0.15) is 16.2 Å². The Labute approximate surface area is 107 Å². The van der Waals surface area contributed by atoms with E-state index in [9.17, 15) is 8.78 Å². The smallest absolute Gasteiger partial charge is 0.126 e. The molecule has 0 amide bonds. The number of aryl methyl sites for hydroxylation is 2. The van der Waals surface area contributed by atoms with Crippen LogP contribution in [0.1, 0.15) is 11.3 Å². The van der Waals surface area contributed by atoms with Gasteiger partial charge in [-0.25, -0.2) is 13.8 Å². The lowest BCUT2D eigenvalue weighted by atomic mass is 10.1. The van der Waals surface area contributed by atoms with Crippen molar-refractivity contribution in [2.24, 2.45) is 0 Å². The third kappa shape index (κ3) is 3.60. The average molecular weight is 298 g/mol. The second-order valence-corrected chi connectivity index (χ2v) is 4.54. The molecule has 2 aromatic rings. The van der Waals surface area contributed by atoms with Gasteiger partial charge in [-0.3, -0.25) is 0 Å². The van der Waals surface area contributed by atoms with Crippen molar-refractivity contribution < 1.29 is 8.78 Å². The number of aromatic nitrogens is 1.